The summed E-state index contributed by atoms with van der Waals surface area (Å²) in [6, 6.07) is 9.29. The molecule has 7 heteroatoms. The van der Waals surface area contributed by atoms with Gasteiger partial charge in [0.15, 0.2) is 0 Å². The molecule has 1 aliphatic rings. The van der Waals surface area contributed by atoms with Gasteiger partial charge in [-0.1, -0.05) is 6.07 Å². The van der Waals surface area contributed by atoms with E-state index in [4.69, 9.17) is 5.10 Å². The summed E-state index contributed by atoms with van der Waals surface area (Å²) in [6.07, 6.45) is -0.503. The molecule has 3 aromatic rings. The van der Waals surface area contributed by atoms with Crippen LogP contribution in [-0.4, -0.2) is 16.3 Å². The predicted molar refractivity (Wildman–Crippen MR) is 97.1 cm³/mol. The first-order chi connectivity index (χ1) is 12.5. The first-order valence-corrected chi connectivity index (χ1v) is 9.45. The van der Waals surface area contributed by atoms with Crippen LogP contribution in [0.1, 0.15) is 34.5 Å². The molecular formula is C19H18F3N3S. The SMILES string of the molecule is FC(F)(F)c1ccc(-n2nc(Cc3cccs3)c3c2NCCCC3)cc1. The third kappa shape index (κ3) is 3.35. The largest absolute Gasteiger partial charge is 0.416 e. The molecule has 1 aromatic carbocycles. The summed E-state index contributed by atoms with van der Waals surface area (Å²) in [5.41, 5.74) is 2.17. The molecule has 2 aromatic heterocycles. The molecule has 0 unspecified atom stereocenters. The number of hydrogen-bond acceptors (Lipinski definition) is 3. The van der Waals surface area contributed by atoms with E-state index < -0.39 is 11.7 Å². The van der Waals surface area contributed by atoms with E-state index in [2.05, 4.69) is 11.4 Å². The highest BCUT2D eigenvalue weighted by Crippen LogP contribution is 2.32. The minimum Gasteiger partial charge on any atom is -0.370 e. The molecule has 0 atom stereocenters. The van der Waals surface area contributed by atoms with Crippen molar-refractivity contribution in [3.8, 4) is 5.69 Å². The molecular weight excluding hydrogens is 359 g/mol. The Kier molecular flexibility index (Phi) is 4.48. The highest BCUT2D eigenvalue weighted by Gasteiger charge is 2.30. The fourth-order valence-electron chi connectivity index (χ4n) is 3.27. The molecule has 1 aliphatic heterocycles. The summed E-state index contributed by atoms with van der Waals surface area (Å²) >= 11 is 1.69. The van der Waals surface area contributed by atoms with Crippen LogP contribution in [-0.2, 0) is 19.0 Å². The lowest BCUT2D eigenvalue weighted by atomic mass is 10.1. The zero-order valence-electron chi connectivity index (χ0n) is 14.0. The third-order valence-corrected chi connectivity index (χ3v) is 5.45. The van der Waals surface area contributed by atoms with Crippen LogP contribution in [0.4, 0.5) is 19.0 Å². The highest BCUT2D eigenvalue weighted by atomic mass is 32.1. The van der Waals surface area contributed by atoms with Crippen molar-refractivity contribution in [2.45, 2.75) is 31.9 Å². The molecule has 0 radical (unpaired) electrons. The molecule has 3 nitrogen and oxygen atoms in total. The van der Waals surface area contributed by atoms with Gasteiger partial charge in [0, 0.05) is 23.4 Å². The molecule has 0 spiro atoms. The van der Waals surface area contributed by atoms with E-state index in [1.807, 2.05) is 11.4 Å². The van der Waals surface area contributed by atoms with Crippen molar-refractivity contribution in [1.82, 2.24) is 9.78 Å². The van der Waals surface area contributed by atoms with Gasteiger partial charge in [-0.2, -0.15) is 18.3 Å². The van der Waals surface area contributed by atoms with E-state index in [1.165, 1.54) is 22.6 Å². The maximum absolute atomic E-state index is 12.8. The van der Waals surface area contributed by atoms with Crippen LogP contribution in [0.25, 0.3) is 5.69 Å². The summed E-state index contributed by atoms with van der Waals surface area (Å²) in [5.74, 6) is 0.911. The second kappa shape index (κ2) is 6.79. The number of benzene rings is 1. The summed E-state index contributed by atoms with van der Waals surface area (Å²) in [4.78, 5) is 1.23. The quantitative estimate of drug-likeness (QED) is 0.672. The van der Waals surface area contributed by atoms with Crippen LogP contribution in [0, 0.1) is 0 Å². The standard InChI is InChI=1S/C19H18F3N3S/c20-19(21,22)13-6-8-14(9-7-13)25-18-16(5-1-2-10-23-18)17(24-25)12-15-4-3-11-26-15/h3-4,6-9,11,23H,1-2,5,10,12H2. The van der Waals surface area contributed by atoms with Gasteiger partial charge in [-0.3, -0.25) is 0 Å². The Morgan fingerprint density at radius 1 is 1.12 bits per heavy atom. The lowest BCUT2D eigenvalue weighted by Gasteiger charge is -2.11. The van der Waals surface area contributed by atoms with Crippen molar-refractivity contribution in [3.63, 3.8) is 0 Å². The number of fused-ring (bicyclic) bond motifs is 1. The molecule has 136 valence electrons. The molecule has 26 heavy (non-hydrogen) atoms. The first kappa shape index (κ1) is 17.1. The lowest BCUT2D eigenvalue weighted by Crippen LogP contribution is -2.08. The van der Waals surface area contributed by atoms with Crippen molar-refractivity contribution in [3.05, 3.63) is 63.5 Å². The smallest absolute Gasteiger partial charge is 0.370 e. The van der Waals surface area contributed by atoms with E-state index in [0.29, 0.717) is 5.69 Å². The van der Waals surface area contributed by atoms with Crippen molar-refractivity contribution in [1.29, 1.82) is 0 Å². The van der Waals surface area contributed by atoms with Crippen LogP contribution >= 0.6 is 11.3 Å². The Labute approximate surface area is 153 Å². The van der Waals surface area contributed by atoms with Gasteiger partial charge < -0.3 is 5.32 Å². The topological polar surface area (TPSA) is 29.9 Å². The van der Waals surface area contributed by atoms with Crippen LogP contribution in [0.3, 0.4) is 0 Å². The van der Waals surface area contributed by atoms with E-state index in [0.717, 1.165) is 55.9 Å². The molecule has 0 amide bonds. The minimum atomic E-state index is -4.33. The number of halogens is 3. The number of anilines is 1. The van der Waals surface area contributed by atoms with Gasteiger partial charge in [-0.05, 0) is 55.0 Å². The molecule has 0 saturated carbocycles. The van der Waals surface area contributed by atoms with Gasteiger partial charge in [-0.15, -0.1) is 11.3 Å². The Bertz CT molecular complexity index is 880. The Morgan fingerprint density at radius 3 is 2.62 bits per heavy atom. The number of hydrogen-bond donors (Lipinski definition) is 1. The summed E-state index contributed by atoms with van der Waals surface area (Å²) in [6.45, 7) is 0.845. The van der Waals surface area contributed by atoms with Crippen LogP contribution in [0.5, 0.6) is 0 Å². The summed E-state index contributed by atoms with van der Waals surface area (Å²) in [7, 11) is 0. The second-order valence-corrected chi connectivity index (χ2v) is 7.40. The van der Waals surface area contributed by atoms with Gasteiger partial charge in [0.25, 0.3) is 0 Å². The Balaban J connectivity index is 1.74. The number of rotatable bonds is 3. The molecule has 0 bridgehead atoms. The zero-order chi connectivity index (χ0) is 18.1. The van der Waals surface area contributed by atoms with Gasteiger partial charge in [-0.25, -0.2) is 4.68 Å². The molecule has 4 rings (SSSR count). The minimum absolute atomic E-state index is 0.640. The van der Waals surface area contributed by atoms with Crippen LogP contribution < -0.4 is 5.32 Å². The third-order valence-electron chi connectivity index (χ3n) is 4.57. The first-order valence-electron chi connectivity index (χ1n) is 8.57. The molecule has 3 heterocycles. The van der Waals surface area contributed by atoms with Crippen molar-refractivity contribution < 1.29 is 13.2 Å². The lowest BCUT2D eigenvalue weighted by molar-refractivity contribution is -0.137. The molecule has 1 N–H and O–H groups in total. The fraction of sp³-hybridized carbons (Fsp3) is 0.316. The van der Waals surface area contributed by atoms with Crippen molar-refractivity contribution in [2.24, 2.45) is 0 Å². The number of aromatic nitrogens is 2. The molecule has 0 saturated heterocycles. The summed E-state index contributed by atoms with van der Waals surface area (Å²) < 4.78 is 40.2. The number of nitrogens with one attached hydrogen (secondary N) is 1. The molecule has 0 fully saturated rings. The van der Waals surface area contributed by atoms with E-state index >= 15 is 0 Å². The average molecular weight is 377 g/mol. The van der Waals surface area contributed by atoms with E-state index in [-0.39, 0.29) is 0 Å². The zero-order valence-corrected chi connectivity index (χ0v) is 14.8. The van der Waals surface area contributed by atoms with E-state index in [1.54, 1.807) is 16.0 Å². The highest BCUT2D eigenvalue weighted by molar-refractivity contribution is 7.09. The maximum atomic E-state index is 12.8. The van der Waals surface area contributed by atoms with Gasteiger partial charge in [0.1, 0.15) is 5.82 Å². The number of nitrogens with zero attached hydrogens (tertiary/aromatic N) is 2. The predicted octanol–water partition coefficient (Wildman–Crippen LogP) is 5.29. The fourth-order valence-corrected chi connectivity index (χ4v) is 3.98. The van der Waals surface area contributed by atoms with Crippen molar-refractivity contribution >= 4 is 17.2 Å². The van der Waals surface area contributed by atoms with Crippen LogP contribution in [0.15, 0.2) is 41.8 Å². The van der Waals surface area contributed by atoms with Gasteiger partial charge in [0.05, 0.1) is 16.9 Å². The van der Waals surface area contributed by atoms with Gasteiger partial charge in [0.2, 0.25) is 0 Å². The second-order valence-electron chi connectivity index (χ2n) is 6.37. The Hall–Kier alpha value is -2.28. The number of thiophene rings is 1. The van der Waals surface area contributed by atoms with E-state index in [9.17, 15) is 13.2 Å². The number of alkyl halides is 3. The summed E-state index contributed by atoms with van der Waals surface area (Å²) in [5, 5.41) is 10.2. The average Bonchev–Trinajstić information content (AvgIpc) is 3.16. The van der Waals surface area contributed by atoms with Crippen LogP contribution in [0.2, 0.25) is 0 Å². The normalized spacial score (nSPS) is 14.6. The van der Waals surface area contributed by atoms with Crippen molar-refractivity contribution in [2.75, 3.05) is 11.9 Å². The molecule has 0 aliphatic carbocycles. The maximum Gasteiger partial charge on any atom is 0.416 e. The van der Waals surface area contributed by atoms with Gasteiger partial charge >= 0.3 is 6.18 Å². The monoisotopic (exact) mass is 377 g/mol. The Morgan fingerprint density at radius 2 is 1.92 bits per heavy atom.